The van der Waals surface area contributed by atoms with Crippen molar-refractivity contribution in [3.63, 3.8) is 0 Å². The van der Waals surface area contributed by atoms with Gasteiger partial charge in [0.15, 0.2) is 5.78 Å². The first-order chi connectivity index (χ1) is 5.89. The van der Waals surface area contributed by atoms with Gasteiger partial charge in [-0.05, 0) is 6.42 Å². The molecule has 0 amide bonds. The Hall–Kier alpha value is -0.410. The van der Waals surface area contributed by atoms with Crippen LogP contribution in [0, 0.1) is 5.41 Å². The lowest BCUT2D eigenvalue weighted by atomic mass is 9.90. The van der Waals surface area contributed by atoms with Crippen LogP contribution in [0.5, 0.6) is 0 Å². The molecule has 0 spiro atoms. The predicted molar refractivity (Wildman–Crippen MR) is 53.5 cm³/mol. The van der Waals surface area contributed by atoms with Crippen molar-refractivity contribution >= 4 is 5.78 Å². The molecule has 3 heteroatoms. The number of nitrogens with two attached hydrogens (primary N) is 1. The summed E-state index contributed by atoms with van der Waals surface area (Å²) in [5, 5.41) is 0. The maximum Gasteiger partial charge on any atom is 0.152 e. The number of Topliss-reactive ketones (excluding diaryl/α,β-unsaturated/α-hetero) is 1. The minimum absolute atomic E-state index is 0.216. The summed E-state index contributed by atoms with van der Waals surface area (Å²) in [6.45, 7) is 8.31. The van der Waals surface area contributed by atoms with Crippen LogP contribution in [0.4, 0.5) is 0 Å². The van der Waals surface area contributed by atoms with Crippen molar-refractivity contribution in [1.29, 1.82) is 0 Å². The SMILES string of the molecule is CC(C)(C)C(=O)CN1CCC(N)C1. The van der Waals surface area contributed by atoms with Gasteiger partial charge in [-0.25, -0.2) is 0 Å². The Labute approximate surface area is 80.3 Å². The highest BCUT2D eigenvalue weighted by Gasteiger charge is 2.26. The second-order valence-electron chi connectivity index (χ2n) is 4.96. The van der Waals surface area contributed by atoms with Gasteiger partial charge in [-0.1, -0.05) is 20.8 Å². The Morgan fingerprint density at radius 2 is 2.15 bits per heavy atom. The lowest BCUT2D eigenvalue weighted by molar-refractivity contribution is -0.127. The lowest BCUT2D eigenvalue weighted by Crippen LogP contribution is -2.36. The molecule has 1 saturated heterocycles. The lowest BCUT2D eigenvalue weighted by Gasteiger charge is -2.21. The van der Waals surface area contributed by atoms with Crippen molar-refractivity contribution in [2.24, 2.45) is 11.1 Å². The molecule has 0 bridgehead atoms. The minimum atomic E-state index is -0.216. The summed E-state index contributed by atoms with van der Waals surface area (Å²) in [5.41, 5.74) is 5.54. The molecule has 0 aromatic carbocycles. The monoisotopic (exact) mass is 184 g/mol. The van der Waals surface area contributed by atoms with Gasteiger partial charge in [0.2, 0.25) is 0 Å². The molecule has 0 aliphatic carbocycles. The van der Waals surface area contributed by atoms with Crippen LogP contribution >= 0.6 is 0 Å². The van der Waals surface area contributed by atoms with E-state index in [1.54, 1.807) is 0 Å². The molecule has 1 fully saturated rings. The second kappa shape index (κ2) is 3.76. The minimum Gasteiger partial charge on any atom is -0.326 e. The third-order valence-corrected chi connectivity index (χ3v) is 2.51. The molecule has 0 aromatic heterocycles. The highest BCUT2D eigenvalue weighted by molar-refractivity contribution is 5.85. The first kappa shape index (κ1) is 10.7. The molecule has 0 radical (unpaired) electrons. The van der Waals surface area contributed by atoms with Crippen LogP contribution in [0.15, 0.2) is 0 Å². The maximum atomic E-state index is 11.6. The molecule has 76 valence electrons. The van der Waals surface area contributed by atoms with Gasteiger partial charge in [-0.3, -0.25) is 9.69 Å². The molecule has 2 N–H and O–H groups in total. The molecule has 1 aliphatic heterocycles. The summed E-state index contributed by atoms with van der Waals surface area (Å²) >= 11 is 0. The summed E-state index contributed by atoms with van der Waals surface area (Å²) in [4.78, 5) is 13.8. The quantitative estimate of drug-likeness (QED) is 0.685. The van der Waals surface area contributed by atoms with Crippen LogP contribution in [-0.4, -0.2) is 36.4 Å². The molecule has 13 heavy (non-hydrogen) atoms. The van der Waals surface area contributed by atoms with Crippen molar-refractivity contribution < 1.29 is 4.79 Å². The largest absolute Gasteiger partial charge is 0.326 e. The van der Waals surface area contributed by atoms with Gasteiger partial charge >= 0.3 is 0 Å². The van der Waals surface area contributed by atoms with E-state index < -0.39 is 0 Å². The van der Waals surface area contributed by atoms with Crippen LogP contribution in [0.1, 0.15) is 27.2 Å². The average Bonchev–Trinajstić information content (AvgIpc) is 2.33. The van der Waals surface area contributed by atoms with E-state index in [2.05, 4.69) is 4.90 Å². The van der Waals surface area contributed by atoms with E-state index in [1.165, 1.54) is 0 Å². The molecule has 1 aliphatic rings. The number of hydrogen-bond donors (Lipinski definition) is 1. The summed E-state index contributed by atoms with van der Waals surface area (Å²) in [6, 6.07) is 0.271. The third-order valence-electron chi connectivity index (χ3n) is 2.51. The highest BCUT2D eigenvalue weighted by Crippen LogP contribution is 2.16. The summed E-state index contributed by atoms with van der Waals surface area (Å²) in [6.07, 6.45) is 1.03. The maximum absolute atomic E-state index is 11.6. The van der Waals surface area contributed by atoms with Gasteiger partial charge in [0.25, 0.3) is 0 Å². The van der Waals surface area contributed by atoms with Gasteiger partial charge in [-0.15, -0.1) is 0 Å². The van der Waals surface area contributed by atoms with Gasteiger partial charge in [-0.2, -0.15) is 0 Å². The Morgan fingerprint density at radius 1 is 1.54 bits per heavy atom. The fraction of sp³-hybridized carbons (Fsp3) is 0.900. The standard InChI is InChI=1S/C10H20N2O/c1-10(2,3)9(13)7-12-5-4-8(11)6-12/h8H,4-7,11H2,1-3H3. The van der Waals surface area contributed by atoms with E-state index >= 15 is 0 Å². The average molecular weight is 184 g/mol. The van der Waals surface area contributed by atoms with E-state index in [9.17, 15) is 4.79 Å². The van der Waals surface area contributed by atoms with Gasteiger partial charge in [0, 0.05) is 24.5 Å². The molecule has 1 rings (SSSR count). The van der Waals surface area contributed by atoms with E-state index in [0.29, 0.717) is 12.3 Å². The predicted octanol–water partition coefficient (Wildman–Crippen LogP) is 0.635. The normalized spacial score (nSPS) is 25.1. The molecule has 1 heterocycles. The number of ketones is 1. The van der Waals surface area contributed by atoms with Crippen LogP contribution in [0.3, 0.4) is 0 Å². The molecule has 0 aromatic rings. The zero-order chi connectivity index (χ0) is 10.1. The van der Waals surface area contributed by atoms with Gasteiger partial charge in [0.05, 0.1) is 6.54 Å². The van der Waals surface area contributed by atoms with Crippen molar-refractivity contribution in [2.45, 2.75) is 33.2 Å². The summed E-state index contributed by atoms with van der Waals surface area (Å²) < 4.78 is 0. The second-order valence-corrected chi connectivity index (χ2v) is 4.96. The van der Waals surface area contributed by atoms with Crippen LogP contribution in [-0.2, 0) is 4.79 Å². The van der Waals surface area contributed by atoms with Crippen LogP contribution < -0.4 is 5.73 Å². The van der Waals surface area contributed by atoms with Gasteiger partial charge < -0.3 is 5.73 Å². The molecule has 3 nitrogen and oxygen atoms in total. The van der Waals surface area contributed by atoms with Crippen LogP contribution in [0.25, 0.3) is 0 Å². The first-order valence-corrected chi connectivity index (χ1v) is 4.91. The smallest absolute Gasteiger partial charge is 0.152 e. The number of carbonyl (C=O) groups excluding carboxylic acids is 1. The summed E-state index contributed by atoms with van der Waals surface area (Å²) in [7, 11) is 0. The number of likely N-dealkylation sites (tertiary alicyclic amines) is 1. The number of nitrogens with zero attached hydrogens (tertiary/aromatic N) is 1. The van der Waals surface area contributed by atoms with Crippen molar-refractivity contribution in [3.8, 4) is 0 Å². The fourth-order valence-corrected chi connectivity index (χ4v) is 1.45. The summed E-state index contributed by atoms with van der Waals surface area (Å²) in [5.74, 6) is 0.307. The van der Waals surface area contributed by atoms with Crippen molar-refractivity contribution in [3.05, 3.63) is 0 Å². The Morgan fingerprint density at radius 3 is 2.54 bits per heavy atom. The zero-order valence-corrected chi connectivity index (χ0v) is 8.84. The zero-order valence-electron chi connectivity index (χ0n) is 8.84. The molecular weight excluding hydrogens is 164 g/mol. The Bertz CT molecular complexity index is 196. The van der Waals surface area contributed by atoms with E-state index in [0.717, 1.165) is 19.5 Å². The highest BCUT2D eigenvalue weighted by atomic mass is 16.1. The van der Waals surface area contributed by atoms with Crippen molar-refractivity contribution in [2.75, 3.05) is 19.6 Å². The van der Waals surface area contributed by atoms with Crippen molar-refractivity contribution in [1.82, 2.24) is 4.90 Å². The fourth-order valence-electron chi connectivity index (χ4n) is 1.45. The van der Waals surface area contributed by atoms with E-state index in [1.807, 2.05) is 20.8 Å². The molecule has 0 saturated carbocycles. The molecular formula is C10H20N2O. The molecule has 1 unspecified atom stereocenters. The van der Waals surface area contributed by atoms with Gasteiger partial charge in [0.1, 0.15) is 0 Å². The Kier molecular flexibility index (Phi) is 3.09. The van der Waals surface area contributed by atoms with E-state index in [4.69, 9.17) is 5.73 Å². The van der Waals surface area contributed by atoms with E-state index in [-0.39, 0.29) is 11.5 Å². The Balaban J connectivity index is 2.37. The number of rotatable bonds is 2. The molecule has 1 atom stereocenters. The topological polar surface area (TPSA) is 46.3 Å². The van der Waals surface area contributed by atoms with Crippen LogP contribution in [0.2, 0.25) is 0 Å². The first-order valence-electron chi connectivity index (χ1n) is 4.91. The number of carbonyl (C=O) groups is 1. The number of hydrogen-bond acceptors (Lipinski definition) is 3. The third kappa shape index (κ3) is 3.08.